The number of rotatable bonds is 6. The molecule has 8 heteroatoms. The van der Waals surface area contributed by atoms with Crippen LogP contribution in [-0.2, 0) is 25.6 Å². The highest BCUT2D eigenvalue weighted by atomic mass is 16.6. The summed E-state index contributed by atoms with van der Waals surface area (Å²) in [6, 6.07) is 7.97. The molecule has 1 aromatic rings. The molecule has 0 aliphatic heterocycles. The van der Waals surface area contributed by atoms with Crippen molar-refractivity contribution in [2.45, 2.75) is 51.5 Å². The lowest BCUT2D eigenvalue weighted by molar-refractivity contribution is -0.144. The molecule has 0 bridgehead atoms. The standard InChI is InChI=1S/C21H28N2O6/c1-21(2,3)29-20(26)22-16-11-10-15(12-16)17(18(24)27-4)23-19(25)28-13-14-8-6-5-7-9-14/h5-11,15-17H,12-13H2,1-4H3,(H,22,26)(H,23,25)/t15-,16+,17-/m1/s1. The van der Waals surface area contributed by atoms with Gasteiger partial charge in [0.25, 0.3) is 0 Å². The Labute approximate surface area is 170 Å². The third-order valence-corrected chi connectivity index (χ3v) is 4.19. The number of hydrogen-bond donors (Lipinski definition) is 2. The SMILES string of the molecule is COC(=O)[C@H](NC(=O)OCc1ccccc1)[C@@H]1C=C[C@H](NC(=O)OC(C)(C)C)C1. The van der Waals surface area contributed by atoms with Crippen molar-refractivity contribution in [3.63, 3.8) is 0 Å². The lowest BCUT2D eigenvalue weighted by Crippen LogP contribution is -2.47. The highest BCUT2D eigenvalue weighted by Crippen LogP contribution is 2.23. The minimum absolute atomic E-state index is 0.0872. The van der Waals surface area contributed by atoms with E-state index < -0.39 is 29.8 Å². The van der Waals surface area contributed by atoms with Crippen molar-refractivity contribution in [2.24, 2.45) is 5.92 Å². The minimum Gasteiger partial charge on any atom is -0.467 e. The summed E-state index contributed by atoms with van der Waals surface area (Å²) < 4.78 is 15.2. The Morgan fingerprint density at radius 2 is 1.79 bits per heavy atom. The summed E-state index contributed by atoms with van der Waals surface area (Å²) in [5, 5.41) is 5.29. The maximum absolute atomic E-state index is 12.2. The van der Waals surface area contributed by atoms with E-state index in [9.17, 15) is 14.4 Å². The van der Waals surface area contributed by atoms with Crippen LogP contribution in [0.15, 0.2) is 42.5 Å². The number of esters is 1. The van der Waals surface area contributed by atoms with Crippen molar-refractivity contribution in [1.82, 2.24) is 10.6 Å². The average molecular weight is 404 g/mol. The average Bonchev–Trinajstić information content (AvgIpc) is 3.11. The highest BCUT2D eigenvalue weighted by Gasteiger charge is 2.34. The molecule has 0 unspecified atom stereocenters. The summed E-state index contributed by atoms with van der Waals surface area (Å²) in [5.41, 5.74) is 0.226. The normalized spacial score (nSPS) is 19.2. The number of amides is 2. The lowest BCUT2D eigenvalue weighted by atomic mass is 9.98. The first-order chi connectivity index (χ1) is 13.7. The Hall–Kier alpha value is -3.03. The van der Waals surface area contributed by atoms with E-state index in [0.717, 1.165) is 5.56 Å². The van der Waals surface area contributed by atoms with Gasteiger partial charge in [-0.3, -0.25) is 0 Å². The van der Waals surface area contributed by atoms with E-state index in [0.29, 0.717) is 6.42 Å². The quantitative estimate of drug-likeness (QED) is 0.429. The number of carbonyl (C=O) groups is 3. The first-order valence-electron chi connectivity index (χ1n) is 9.41. The van der Waals surface area contributed by atoms with E-state index in [1.165, 1.54) is 7.11 Å². The van der Waals surface area contributed by atoms with E-state index >= 15 is 0 Å². The smallest absolute Gasteiger partial charge is 0.408 e. The second-order valence-electron chi connectivity index (χ2n) is 7.74. The molecule has 0 fully saturated rings. The van der Waals surface area contributed by atoms with Crippen molar-refractivity contribution in [2.75, 3.05) is 7.11 Å². The first-order valence-corrected chi connectivity index (χ1v) is 9.41. The van der Waals surface area contributed by atoms with Gasteiger partial charge in [-0.15, -0.1) is 0 Å². The predicted octanol–water partition coefficient (Wildman–Crippen LogP) is 2.92. The fraction of sp³-hybridized carbons (Fsp3) is 0.476. The van der Waals surface area contributed by atoms with E-state index in [2.05, 4.69) is 10.6 Å². The van der Waals surface area contributed by atoms with Crippen LogP contribution in [0.1, 0.15) is 32.8 Å². The van der Waals surface area contributed by atoms with Gasteiger partial charge in [-0.1, -0.05) is 42.5 Å². The Morgan fingerprint density at radius 3 is 2.41 bits per heavy atom. The van der Waals surface area contributed by atoms with Crippen LogP contribution in [0.4, 0.5) is 9.59 Å². The third kappa shape index (κ3) is 7.48. The maximum atomic E-state index is 12.2. The number of methoxy groups -OCH3 is 1. The molecule has 1 aliphatic carbocycles. The summed E-state index contributed by atoms with van der Waals surface area (Å²) in [5.74, 6) is -0.944. The van der Waals surface area contributed by atoms with Gasteiger partial charge in [0.05, 0.1) is 13.2 Å². The Balaban J connectivity index is 1.90. The number of ether oxygens (including phenoxy) is 3. The molecule has 2 rings (SSSR count). The molecule has 8 nitrogen and oxygen atoms in total. The first kappa shape index (κ1) is 22.3. The predicted molar refractivity (Wildman–Crippen MR) is 106 cm³/mol. The molecular weight excluding hydrogens is 376 g/mol. The van der Waals surface area contributed by atoms with Gasteiger partial charge < -0.3 is 24.8 Å². The molecule has 1 aliphatic rings. The van der Waals surface area contributed by atoms with Gasteiger partial charge >= 0.3 is 18.2 Å². The Morgan fingerprint density at radius 1 is 1.10 bits per heavy atom. The fourth-order valence-electron chi connectivity index (χ4n) is 2.90. The largest absolute Gasteiger partial charge is 0.467 e. The van der Waals surface area contributed by atoms with Crippen LogP contribution in [0.5, 0.6) is 0 Å². The summed E-state index contributed by atoms with van der Waals surface area (Å²) in [6.45, 7) is 5.41. The molecule has 158 valence electrons. The molecular formula is C21H28N2O6. The number of hydrogen-bond acceptors (Lipinski definition) is 6. The molecule has 0 saturated heterocycles. The van der Waals surface area contributed by atoms with Crippen molar-refractivity contribution in [3.8, 4) is 0 Å². The van der Waals surface area contributed by atoms with Gasteiger partial charge in [-0.2, -0.15) is 0 Å². The molecule has 0 spiro atoms. The molecule has 0 heterocycles. The lowest BCUT2D eigenvalue weighted by Gasteiger charge is -2.24. The second-order valence-corrected chi connectivity index (χ2v) is 7.74. The molecule has 0 radical (unpaired) electrons. The number of alkyl carbamates (subject to hydrolysis) is 2. The van der Waals surface area contributed by atoms with E-state index in [4.69, 9.17) is 14.2 Å². The van der Waals surface area contributed by atoms with Gasteiger partial charge in [0.15, 0.2) is 0 Å². The van der Waals surface area contributed by atoms with Crippen LogP contribution in [0.25, 0.3) is 0 Å². The minimum atomic E-state index is -0.926. The van der Waals surface area contributed by atoms with Crippen molar-refractivity contribution in [1.29, 1.82) is 0 Å². The zero-order chi connectivity index (χ0) is 21.4. The summed E-state index contributed by atoms with van der Waals surface area (Å²) in [4.78, 5) is 36.3. The van der Waals surface area contributed by atoms with Gasteiger partial charge in [0.1, 0.15) is 18.2 Å². The molecule has 0 saturated carbocycles. The summed E-state index contributed by atoms with van der Waals surface area (Å²) in [7, 11) is 1.25. The van der Waals surface area contributed by atoms with Gasteiger partial charge in [-0.25, -0.2) is 14.4 Å². The zero-order valence-corrected chi connectivity index (χ0v) is 17.1. The summed E-state index contributed by atoms with van der Waals surface area (Å²) >= 11 is 0. The molecule has 0 aromatic heterocycles. The molecule has 3 atom stereocenters. The van der Waals surface area contributed by atoms with Gasteiger partial charge in [0.2, 0.25) is 0 Å². The Bertz CT molecular complexity index is 741. The summed E-state index contributed by atoms with van der Waals surface area (Å²) in [6.07, 6.45) is 2.68. The van der Waals surface area contributed by atoms with Crippen LogP contribution in [0.3, 0.4) is 0 Å². The van der Waals surface area contributed by atoms with Crippen LogP contribution in [0.2, 0.25) is 0 Å². The van der Waals surface area contributed by atoms with Crippen LogP contribution in [0, 0.1) is 5.92 Å². The molecule has 29 heavy (non-hydrogen) atoms. The zero-order valence-electron chi connectivity index (χ0n) is 17.1. The fourth-order valence-corrected chi connectivity index (χ4v) is 2.90. The highest BCUT2D eigenvalue weighted by molar-refractivity contribution is 5.82. The van der Waals surface area contributed by atoms with E-state index in [-0.39, 0.29) is 18.6 Å². The van der Waals surface area contributed by atoms with Gasteiger partial charge in [0, 0.05) is 5.92 Å². The second kappa shape index (κ2) is 9.95. The van der Waals surface area contributed by atoms with Crippen LogP contribution in [-0.4, -0.2) is 43.0 Å². The topological polar surface area (TPSA) is 103 Å². The number of nitrogens with one attached hydrogen (secondary N) is 2. The maximum Gasteiger partial charge on any atom is 0.408 e. The van der Waals surface area contributed by atoms with E-state index in [1.54, 1.807) is 32.9 Å². The van der Waals surface area contributed by atoms with Gasteiger partial charge in [-0.05, 0) is 32.8 Å². The molecule has 1 aromatic carbocycles. The van der Waals surface area contributed by atoms with Crippen molar-refractivity contribution in [3.05, 3.63) is 48.0 Å². The number of carbonyl (C=O) groups excluding carboxylic acids is 3. The van der Waals surface area contributed by atoms with E-state index in [1.807, 2.05) is 30.3 Å². The van der Waals surface area contributed by atoms with Crippen molar-refractivity contribution >= 4 is 18.2 Å². The van der Waals surface area contributed by atoms with Crippen LogP contribution >= 0.6 is 0 Å². The van der Waals surface area contributed by atoms with Crippen molar-refractivity contribution < 1.29 is 28.6 Å². The molecule has 2 N–H and O–H groups in total. The third-order valence-electron chi connectivity index (χ3n) is 4.19. The Kier molecular flexibility index (Phi) is 7.64. The van der Waals surface area contributed by atoms with Crippen LogP contribution < -0.4 is 10.6 Å². The molecule has 2 amide bonds. The number of benzene rings is 1. The monoisotopic (exact) mass is 404 g/mol.